The molecule has 2 atom stereocenters. The zero-order valence-corrected chi connectivity index (χ0v) is 6.69. The number of hydrogen-bond acceptors (Lipinski definition) is 4. The molecule has 0 saturated carbocycles. The number of nitriles is 1. The lowest BCUT2D eigenvalue weighted by molar-refractivity contribution is -0.158. The first-order valence-electron chi connectivity index (χ1n) is 3.72. The van der Waals surface area contributed by atoms with Crippen LogP contribution in [0.1, 0.15) is 6.42 Å². The molecule has 0 aliphatic carbocycles. The van der Waals surface area contributed by atoms with Crippen molar-refractivity contribution in [2.24, 2.45) is 0 Å². The van der Waals surface area contributed by atoms with E-state index >= 15 is 0 Å². The molecule has 0 radical (unpaired) electrons. The maximum absolute atomic E-state index is 11.7. The fraction of sp³-hybridized carbons (Fsp3) is 0.714. The monoisotopic (exact) mass is 190 g/mol. The quantitative estimate of drug-likeness (QED) is 0.476. The molecular formula is C7H8F2N2O2. The summed E-state index contributed by atoms with van der Waals surface area (Å²) in [6.45, 7) is -2.79. The summed E-state index contributed by atoms with van der Waals surface area (Å²) in [6.07, 6.45) is 1.74. The highest BCUT2D eigenvalue weighted by molar-refractivity contribution is 5.58. The predicted octanol–water partition coefficient (Wildman–Crippen LogP) is 0.348. The van der Waals surface area contributed by atoms with Crippen molar-refractivity contribution in [1.82, 2.24) is 4.90 Å². The van der Waals surface area contributed by atoms with Gasteiger partial charge in [0.05, 0.1) is 18.7 Å². The number of nitrogens with zero attached hydrogens (tertiary/aromatic N) is 2. The number of alkyl halides is 2. The van der Waals surface area contributed by atoms with Crippen molar-refractivity contribution in [1.29, 1.82) is 5.26 Å². The van der Waals surface area contributed by atoms with Gasteiger partial charge in [-0.05, 0) is 0 Å². The molecule has 1 aliphatic rings. The first kappa shape index (κ1) is 9.86. The Hall–Kier alpha value is -1.22. The number of carbonyl (C=O) groups excluding carboxylic acids is 1. The van der Waals surface area contributed by atoms with Gasteiger partial charge >= 0.3 is 6.61 Å². The first-order valence-corrected chi connectivity index (χ1v) is 3.72. The van der Waals surface area contributed by atoms with Gasteiger partial charge in [0.2, 0.25) is 0 Å². The Morgan fingerprint density at radius 1 is 1.69 bits per heavy atom. The van der Waals surface area contributed by atoms with Crippen LogP contribution >= 0.6 is 0 Å². The largest absolute Gasteiger partial charge is 0.345 e. The van der Waals surface area contributed by atoms with Crippen LogP contribution in [0.15, 0.2) is 0 Å². The maximum Gasteiger partial charge on any atom is 0.345 e. The minimum atomic E-state index is -2.85. The second kappa shape index (κ2) is 4.14. The van der Waals surface area contributed by atoms with E-state index in [1.165, 1.54) is 0 Å². The SMILES string of the molecule is N#CN1CC(OC(F)F)CC1C=O. The molecule has 1 aliphatic heterocycles. The second-order valence-corrected chi connectivity index (χ2v) is 2.71. The summed E-state index contributed by atoms with van der Waals surface area (Å²) in [5, 5.41) is 8.49. The molecule has 0 aromatic rings. The molecule has 13 heavy (non-hydrogen) atoms. The molecule has 0 bridgehead atoms. The molecule has 72 valence electrons. The Labute approximate surface area is 73.7 Å². The Balaban J connectivity index is 2.49. The van der Waals surface area contributed by atoms with Crippen LogP contribution in [0.5, 0.6) is 0 Å². The topological polar surface area (TPSA) is 53.3 Å². The Bertz CT molecular complexity index is 229. The molecule has 0 aromatic carbocycles. The predicted molar refractivity (Wildman–Crippen MR) is 37.7 cm³/mol. The van der Waals surface area contributed by atoms with Gasteiger partial charge in [0, 0.05) is 6.42 Å². The molecular weight excluding hydrogens is 182 g/mol. The van der Waals surface area contributed by atoms with Crippen molar-refractivity contribution < 1.29 is 18.3 Å². The van der Waals surface area contributed by atoms with Crippen molar-refractivity contribution in [3.63, 3.8) is 0 Å². The van der Waals surface area contributed by atoms with E-state index in [0.29, 0.717) is 6.29 Å². The minimum Gasteiger partial charge on any atom is -0.318 e. The molecule has 1 saturated heterocycles. The molecule has 0 spiro atoms. The van der Waals surface area contributed by atoms with Gasteiger partial charge in [-0.3, -0.25) is 4.90 Å². The third-order valence-electron chi connectivity index (χ3n) is 1.89. The highest BCUT2D eigenvalue weighted by atomic mass is 19.3. The Kier molecular flexibility index (Phi) is 3.14. The third kappa shape index (κ3) is 2.36. The fourth-order valence-corrected chi connectivity index (χ4v) is 1.31. The average Bonchev–Trinajstić information content (AvgIpc) is 2.45. The molecule has 4 nitrogen and oxygen atoms in total. The molecule has 1 fully saturated rings. The van der Waals surface area contributed by atoms with E-state index in [2.05, 4.69) is 4.74 Å². The van der Waals surface area contributed by atoms with Crippen molar-refractivity contribution in [3.05, 3.63) is 0 Å². The summed E-state index contributed by atoms with van der Waals surface area (Å²) >= 11 is 0. The maximum atomic E-state index is 11.7. The van der Waals surface area contributed by atoms with Crippen molar-refractivity contribution in [3.8, 4) is 6.19 Å². The first-order chi connectivity index (χ1) is 6.17. The van der Waals surface area contributed by atoms with Crippen molar-refractivity contribution >= 4 is 6.29 Å². The van der Waals surface area contributed by atoms with Crippen LogP contribution in [-0.2, 0) is 9.53 Å². The summed E-state index contributed by atoms with van der Waals surface area (Å²) in [4.78, 5) is 11.5. The summed E-state index contributed by atoms with van der Waals surface area (Å²) in [7, 11) is 0. The van der Waals surface area contributed by atoms with Crippen LogP contribution in [0.25, 0.3) is 0 Å². The van der Waals surface area contributed by atoms with Crippen LogP contribution in [-0.4, -0.2) is 36.5 Å². The summed E-state index contributed by atoms with van der Waals surface area (Å²) in [6, 6.07) is -0.617. The van der Waals surface area contributed by atoms with E-state index in [4.69, 9.17) is 5.26 Å². The summed E-state index contributed by atoms with van der Waals surface area (Å²) in [5.74, 6) is 0. The molecule has 0 N–H and O–H groups in total. The van der Waals surface area contributed by atoms with Crippen molar-refractivity contribution in [2.45, 2.75) is 25.2 Å². The van der Waals surface area contributed by atoms with E-state index in [1.807, 2.05) is 0 Å². The number of halogens is 2. The van der Waals surface area contributed by atoms with Gasteiger partial charge in [0.25, 0.3) is 0 Å². The lowest BCUT2D eigenvalue weighted by atomic mass is 10.2. The minimum absolute atomic E-state index is 0.0598. The van der Waals surface area contributed by atoms with Gasteiger partial charge in [0.15, 0.2) is 6.19 Å². The highest BCUT2D eigenvalue weighted by Crippen LogP contribution is 2.19. The van der Waals surface area contributed by atoms with Crippen LogP contribution in [0.3, 0.4) is 0 Å². The number of rotatable bonds is 3. The van der Waals surface area contributed by atoms with Gasteiger partial charge in [-0.1, -0.05) is 0 Å². The Morgan fingerprint density at radius 2 is 2.38 bits per heavy atom. The zero-order chi connectivity index (χ0) is 9.84. The highest BCUT2D eigenvalue weighted by Gasteiger charge is 2.33. The van der Waals surface area contributed by atoms with Crippen LogP contribution in [0.2, 0.25) is 0 Å². The van der Waals surface area contributed by atoms with E-state index in [9.17, 15) is 13.6 Å². The fourth-order valence-electron chi connectivity index (χ4n) is 1.31. The number of carbonyl (C=O) groups is 1. The Morgan fingerprint density at radius 3 is 2.77 bits per heavy atom. The number of likely N-dealkylation sites (tertiary alicyclic amines) is 1. The standard InChI is InChI=1S/C7H8F2N2O2/c8-7(9)13-6-1-5(3-12)11(2-6)4-10/h3,5-7H,1-2H2. The lowest BCUT2D eigenvalue weighted by Crippen LogP contribution is -2.25. The summed E-state index contributed by atoms with van der Waals surface area (Å²) < 4.78 is 27.7. The average molecular weight is 190 g/mol. The van der Waals surface area contributed by atoms with Gasteiger partial charge in [-0.2, -0.15) is 14.0 Å². The second-order valence-electron chi connectivity index (χ2n) is 2.71. The van der Waals surface area contributed by atoms with E-state index < -0.39 is 18.8 Å². The van der Waals surface area contributed by atoms with Crippen molar-refractivity contribution in [2.75, 3.05) is 6.54 Å². The number of aldehydes is 1. The van der Waals surface area contributed by atoms with E-state index in [0.717, 1.165) is 4.90 Å². The normalized spacial score (nSPS) is 27.7. The van der Waals surface area contributed by atoms with Gasteiger partial charge in [-0.15, -0.1) is 0 Å². The number of hydrogen-bond donors (Lipinski definition) is 0. The van der Waals surface area contributed by atoms with Gasteiger partial charge in [-0.25, -0.2) is 0 Å². The van der Waals surface area contributed by atoms with Crippen LogP contribution < -0.4 is 0 Å². The van der Waals surface area contributed by atoms with Crippen LogP contribution in [0.4, 0.5) is 8.78 Å². The van der Waals surface area contributed by atoms with Gasteiger partial charge in [0.1, 0.15) is 6.29 Å². The lowest BCUT2D eigenvalue weighted by Gasteiger charge is -2.10. The van der Waals surface area contributed by atoms with E-state index in [1.54, 1.807) is 6.19 Å². The zero-order valence-electron chi connectivity index (χ0n) is 6.69. The molecule has 6 heteroatoms. The van der Waals surface area contributed by atoms with Crippen LogP contribution in [0, 0.1) is 11.5 Å². The van der Waals surface area contributed by atoms with Gasteiger partial charge < -0.3 is 9.53 Å². The third-order valence-corrected chi connectivity index (χ3v) is 1.89. The van der Waals surface area contributed by atoms with E-state index in [-0.39, 0.29) is 13.0 Å². The molecule has 1 rings (SSSR count). The molecule has 0 aromatic heterocycles. The number of ether oxygens (including phenoxy) is 1. The molecule has 2 unspecified atom stereocenters. The summed E-state index contributed by atoms with van der Waals surface area (Å²) in [5.41, 5.74) is 0. The smallest absolute Gasteiger partial charge is 0.318 e. The molecule has 0 amide bonds. The molecule has 1 heterocycles.